The number of rotatable bonds is 7. The van der Waals surface area contributed by atoms with Gasteiger partial charge in [0.05, 0.1) is 23.7 Å². The molecule has 1 amide bonds. The Morgan fingerprint density at radius 1 is 1.10 bits per heavy atom. The molecule has 4 aromatic rings. The summed E-state index contributed by atoms with van der Waals surface area (Å²) in [4.78, 5) is 16.4. The van der Waals surface area contributed by atoms with Crippen molar-refractivity contribution in [3.63, 3.8) is 0 Å². The Morgan fingerprint density at radius 3 is 2.52 bits per heavy atom. The van der Waals surface area contributed by atoms with Crippen LogP contribution in [0.5, 0.6) is 5.75 Å². The monoisotopic (exact) mass is 405 g/mol. The average molecular weight is 406 g/mol. The van der Waals surface area contributed by atoms with E-state index in [1.165, 1.54) is 16.9 Å². The average Bonchev–Trinajstić information content (AvgIpc) is 3.30. The number of hydrogen-bond acceptors (Lipinski definition) is 4. The molecule has 148 valence electrons. The molecular weight excluding hydrogens is 382 g/mol. The number of nitrogens with zero attached hydrogens (tertiary/aromatic N) is 3. The van der Waals surface area contributed by atoms with E-state index < -0.39 is 0 Å². The highest BCUT2D eigenvalue weighted by Crippen LogP contribution is 2.29. The molecule has 2 aromatic carbocycles. The fraction of sp³-hybridized carbons (Fsp3) is 0.217. The van der Waals surface area contributed by atoms with Crippen molar-refractivity contribution in [2.75, 3.05) is 20.2 Å². The summed E-state index contributed by atoms with van der Waals surface area (Å²) in [7, 11) is 1.81. The fourth-order valence-electron chi connectivity index (χ4n) is 3.19. The van der Waals surface area contributed by atoms with Gasteiger partial charge in [-0.25, -0.2) is 0 Å². The molecule has 0 bridgehead atoms. The summed E-state index contributed by atoms with van der Waals surface area (Å²) in [5.41, 5.74) is 2.13. The number of amides is 1. The maximum atomic E-state index is 12.9. The lowest BCUT2D eigenvalue weighted by Gasteiger charge is -2.16. The lowest BCUT2D eigenvalue weighted by Crippen LogP contribution is -2.30. The summed E-state index contributed by atoms with van der Waals surface area (Å²) in [6, 6.07) is 21.8. The van der Waals surface area contributed by atoms with E-state index in [-0.39, 0.29) is 5.91 Å². The van der Waals surface area contributed by atoms with Gasteiger partial charge in [0.15, 0.2) is 0 Å². The molecule has 0 aliphatic heterocycles. The van der Waals surface area contributed by atoms with Gasteiger partial charge >= 0.3 is 0 Å². The van der Waals surface area contributed by atoms with Crippen molar-refractivity contribution in [3.05, 3.63) is 82.9 Å². The highest BCUT2D eigenvalue weighted by molar-refractivity contribution is 7.20. The summed E-state index contributed by atoms with van der Waals surface area (Å²) < 4.78 is 7.69. The second kappa shape index (κ2) is 8.49. The molecule has 2 heterocycles. The molecule has 0 unspecified atom stereocenters. The fourth-order valence-corrected chi connectivity index (χ4v) is 4.34. The van der Waals surface area contributed by atoms with Crippen LogP contribution in [0.4, 0.5) is 0 Å². The number of carbonyl (C=O) groups excluding carboxylic acids is 1. The minimum absolute atomic E-state index is 0.00789. The minimum atomic E-state index is 0.00789. The van der Waals surface area contributed by atoms with Gasteiger partial charge < -0.3 is 9.64 Å². The van der Waals surface area contributed by atoms with Gasteiger partial charge in [-0.05, 0) is 30.7 Å². The third-order valence-corrected chi connectivity index (χ3v) is 5.92. The maximum Gasteiger partial charge on any atom is 0.263 e. The first kappa shape index (κ1) is 19.2. The maximum absolute atomic E-state index is 12.9. The summed E-state index contributed by atoms with van der Waals surface area (Å²) in [5.74, 6) is 0.820. The number of hydrogen-bond donors (Lipinski definition) is 0. The van der Waals surface area contributed by atoms with Crippen LogP contribution < -0.4 is 4.74 Å². The van der Waals surface area contributed by atoms with Crippen LogP contribution in [-0.2, 0) is 6.54 Å². The molecule has 0 saturated heterocycles. The van der Waals surface area contributed by atoms with E-state index in [1.807, 2.05) is 73.3 Å². The Kier molecular flexibility index (Phi) is 5.62. The Morgan fingerprint density at radius 2 is 1.79 bits per heavy atom. The van der Waals surface area contributed by atoms with Gasteiger partial charge in [0, 0.05) is 12.4 Å². The zero-order valence-electron chi connectivity index (χ0n) is 16.5. The first-order valence-corrected chi connectivity index (χ1v) is 10.4. The number of fused-ring (bicyclic) bond motifs is 1. The van der Waals surface area contributed by atoms with Crippen LogP contribution in [0.2, 0.25) is 0 Å². The SMILES string of the molecule is Cc1nn(Cc2ccccc2)c2sc(C(=O)N(C)CCOc3ccccc3)cc12. The van der Waals surface area contributed by atoms with Gasteiger partial charge in [0.1, 0.15) is 17.2 Å². The molecule has 0 spiro atoms. The second-order valence-electron chi connectivity index (χ2n) is 6.95. The normalized spacial score (nSPS) is 11.0. The van der Waals surface area contributed by atoms with Crippen LogP contribution in [-0.4, -0.2) is 40.8 Å². The van der Waals surface area contributed by atoms with Gasteiger partial charge in [-0.2, -0.15) is 5.10 Å². The van der Waals surface area contributed by atoms with Crippen LogP contribution in [0.25, 0.3) is 10.2 Å². The molecule has 0 fully saturated rings. The van der Waals surface area contributed by atoms with E-state index in [1.54, 1.807) is 4.90 Å². The third-order valence-electron chi connectivity index (χ3n) is 4.78. The summed E-state index contributed by atoms with van der Waals surface area (Å²) >= 11 is 1.50. The number of thiophene rings is 1. The molecule has 2 aromatic heterocycles. The Labute approximate surface area is 174 Å². The molecule has 5 nitrogen and oxygen atoms in total. The number of ether oxygens (including phenoxy) is 1. The molecule has 0 radical (unpaired) electrons. The number of aromatic nitrogens is 2. The van der Waals surface area contributed by atoms with E-state index in [2.05, 4.69) is 17.2 Å². The van der Waals surface area contributed by atoms with E-state index >= 15 is 0 Å². The van der Waals surface area contributed by atoms with Crippen molar-refractivity contribution in [3.8, 4) is 5.75 Å². The number of aryl methyl sites for hydroxylation is 1. The van der Waals surface area contributed by atoms with Gasteiger partial charge in [0.2, 0.25) is 0 Å². The van der Waals surface area contributed by atoms with Crippen LogP contribution in [0, 0.1) is 6.92 Å². The molecule has 0 saturated carbocycles. The van der Waals surface area contributed by atoms with Crippen molar-refractivity contribution >= 4 is 27.5 Å². The zero-order valence-corrected chi connectivity index (χ0v) is 17.4. The van der Waals surface area contributed by atoms with Gasteiger partial charge in [-0.15, -0.1) is 11.3 Å². The van der Waals surface area contributed by atoms with Gasteiger partial charge in [0.25, 0.3) is 5.91 Å². The number of likely N-dealkylation sites (N-methyl/N-ethyl adjacent to an activating group) is 1. The van der Waals surface area contributed by atoms with E-state index in [4.69, 9.17) is 4.74 Å². The van der Waals surface area contributed by atoms with Crippen LogP contribution in [0.1, 0.15) is 20.9 Å². The Hall–Kier alpha value is -3.12. The quantitative estimate of drug-likeness (QED) is 0.451. The lowest BCUT2D eigenvalue weighted by molar-refractivity contribution is 0.0778. The predicted octanol–water partition coefficient (Wildman–Crippen LogP) is 4.61. The summed E-state index contributed by atoms with van der Waals surface area (Å²) in [6.45, 7) is 3.66. The van der Waals surface area contributed by atoms with E-state index in [0.29, 0.717) is 19.7 Å². The molecule has 0 aliphatic carbocycles. The first-order chi connectivity index (χ1) is 14.1. The highest BCUT2D eigenvalue weighted by Gasteiger charge is 2.19. The second-order valence-corrected chi connectivity index (χ2v) is 7.98. The lowest BCUT2D eigenvalue weighted by atomic mass is 10.2. The summed E-state index contributed by atoms with van der Waals surface area (Å²) in [6.07, 6.45) is 0. The van der Waals surface area contributed by atoms with E-state index in [9.17, 15) is 4.79 Å². The first-order valence-electron chi connectivity index (χ1n) is 9.56. The van der Waals surface area contributed by atoms with Crippen molar-refractivity contribution < 1.29 is 9.53 Å². The van der Waals surface area contributed by atoms with Gasteiger partial charge in [-0.3, -0.25) is 9.48 Å². The smallest absolute Gasteiger partial charge is 0.263 e. The van der Waals surface area contributed by atoms with Crippen LogP contribution in [0.15, 0.2) is 66.7 Å². The molecule has 4 rings (SSSR count). The topological polar surface area (TPSA) is 47.4 Å². The molecule has 29 heavy (non-hydrogen) atoms. The van der Waals surface area contributed by atoms with Crippen molar-refractivity contribution in [1.29, 1.82) is 0 Å². The molecule has 0 N–H and O–H groups in total. The van der Waals surface area contributed by atoms with Crippen molar-refractivity contribution in [2.45, 2.75) is 13.5 Å². The van der Waals surface area contributed by atoms with Crippen molar-refractivity contribution in [2.24, 2.45) is 0 Å². The molecule has 6 heteroatoms. The molecule has 0 atom stereocenters. The number of para-hydroxylation sites is 1. The number of benzene rings is 2. The Bertz CT molecular complexity index is 1100. The van der Waals surface area contributed by atoms with Crippen molar-refractivity contribution in [1.82, 2.24) is 14.7 Å². The van der Waals surface area contributed by atoms with E-state index in [0.717, 1.165) is 26.5 Å². The Balaban J connectivity index is 1.45. The number of carbonyl (C=O) groups is 1. The summed E-state index contributed by atoms with van der Waals surface area (Å²) in [5, 5.41) is 5.70. The minimum Gasteiger partial charge on any atom is -0.492 e. The molecular formula is C23H23N3O2S. The standard InChI is InChI=1S/C23H23N3O2S/c1-17-20-15-21(22(27)25(2)13-14-28-19-11-7-4-8-12-19)29-23(20)26(24-17)16-18-9-5-3-6-10-18/h3-12,15H,13-14,16H2,1-2H3. The third kappa shape index (κ3) is 4.32. The van der Waals surface area contributed by atoms with Crippen LogP contribution >= 0.6 is 11.3 Å². The zero-order chi connectivity index (χ0) is 20.2. The highest BCUT2D eigenvalue weighted by atomic mass is 32.1. The van der Waals surface area contributed by atoms with Crippen LogP contribution in [0.3, 0.4) is 0 Å². The largest absolute Gasteiger partial charge is 0.492 e. The predicted molar refractivity (Wildman–Crippen MR) is 117 cm³/mol. The van der Waals surface area contributed by atoms with Gasteiger partial charge in [-0.1, -0.05) is 48.5 Å². The molecule has 0 aliphatic rings.